The van der Waals surface area contributed by atoms with E-state index in [2.05, 4.69) is 4.98 Å². The van der Waals surface area contributed by atoms with Crippen LogP contribution >= 0.6 is 11.6 Å². The zero-order valence-electron chi connectivity index (χ0n) is 10.0. The number of nitrogens with zero attached hydrogens (tertiary/aromatic N) is 2. The van der Waals surface area contributed by atoms with Crippen LogP contribution in [-0.4, -0.2) is 9.55 Å². The van der Waals surface area contributed by atoms with Gasteiger partial charge >= 0.3 is 0 Å². The molecule has 0 saturated heterocycles. The zero-order chi connectivity index (χ0) is 12.1. The van der Waals surface area contributed by atoms with Crippen LogP contribution in [-0.2, 0) is 12.6 Å². The third kappa shape index (κ3) is 1.60. The van der Waals surface area contributed by atoms with Gasteiger partial charge in [-0.15, -0.1) is 0 Å². The third-order valence-corrected chi connectivity index (χ3v) is 3.21. The number of aromatic nitrogens is 2. The van der Waals surface area contributed by atoms with E-state index in [4.69, 9.17) is 17.3 Å². The highest BCUT2D eigenvalue weighted by Gasteiger charge is 2.22. The molecule has 0 spiro atoms. The number of fused-ring (bicyclic) bond motifs is 1. The molecule has 0 aliphatic heterocycles. The normalized spacial score (nSPS) is 12.4. The Morgan fingerprint density at radius 1 is 1.38 bits per heavy atom. The van der Waals surface area contributed by atoms with Crippen LogP contribution in [0.1, 0.15) is 25.2 Å². The Bertz CT molecular complexity index is 549. The van der Waals surface area contributed by atoms with Crippen molar-refractivity contribution in [1.29, 1.82) is 0 Å². The molecule has 0 amide bonds. The van der Waals surface area contributed by atoms with Crippen LogP contribution in [0, 0.1) is 6.92 Å². The van der Waals surface area contributed by atoms with Gasteiger partial charge in [-0.1, -0.05) is 11.6 Å². The van der Waals surface area contributed by atoms with Crippen molar-refractivity contribution in [3.8, 4) is 0 Å². The summed E-state index contributed by atoms with van der Waals surface area (Å²) in [6.45, 7) is 5.90. The first-order valence-electron chi connectivity index (χ1n) is 5.23. The molecule has 86 valence electrons. The summed E-state index contributed by atoms with van der Waals surface area (Å²) in [6.07, 6.45) is 0. The molecular weight excluding hydrogens is 222 g/mol. The van der Waals surface area contributed by atoms with Crippen molar-refractivity contribution in [2.45, 2.75) is 26.3 Å². The lowest BCUT2D eigenvalue weighted by Gasteiger charge is -2.18. The Morgan fingerprint density at radius 2 is 2.00 bits per heavy atom. The maximum absolute atomic E-state index is 6.11. The van der Waals surface area contributed by atoms with Gasteiger partial charge in [-0.05, 0) is 38.5 Å². The SMILES string of the molecule is Cc1c(Cl)ccc2nc(C(C)(C)N)n(C)c12. The molecule has 0 aliphatic rings. The molecule has 0 bridgehead atoms. The fourth-order valence-corrected chi connectivity index (χ4v) is 2.20. The minimum Gasteiger partial charge on any atom is -0.329 e. The summed E-state index contributed by atoms with van der Waals surface area (Å²) in [5.41, 5.74) is 8.69. The molecule has 1 aromatic carbocycles. The Kier molecular flexibility index (Phi) is 2.48. The Labute approximate surface area is 100 Å². The van der Waals surface area contributed by atoms with Crippen LogP contribution in [0.5, 0.6) is 0 Å². The van der Waals surface area contributed by atoms with E-state index < -0.39 is 5.54 Å². The molecule has 0 saturated carbocycles. The van der Waals surface area contributed by atoms with E-state index in [1.807, 2.05) is 44.5 Å². The largest absolute Gasteiger partial charge is 0.329 e. The highest BCUT2D eigenvalue weighted by atomic mass is 35.5. The third-order valence-electron chi connectivity index (χ3n) is 2.80. The summed E-state index contributed by atoms with van der Waals surface area (Å²) in [6, 6.07) is 3.80. The molecule has 1 heterocycles. The minimum atomic E-state index is -0.452. The Morgan fingerprint density at radius 3 is 2.56 bits per heavy atom. The van der Waals surface area contributed by atoms with Crippen molar-refractivity contribution in [3.63, 3.8) is 0 Å². The molecule has 1 aromatic heterocycles. The molecule has 2 N–H and O–H groups in total. The molecule has 0 unspecified atom stereocenters. The van der Waals surface area contributed by atoms with Gasteiger partial charge < -0.3 is 10.3 Å². The number of hydrogen-bond donors (Lipinski definition) is 1. The van der Waals surface area contributed by atoms with Gasteiger partial charge in [-0.2, -0.15) is 0 Å². The molecule has 2 rings (SSSR count). The van der Waals surface area contributed by atoms with Crippen molar-refractivity contribution in [2.24, 2.45) is 12.8 Å². The van der Waals surface area contributed by atoms with Crippen molar-refractivity contribution >= 4 is 22.6 Å². The van der Waals surface area contributed by atoms with Crippen LogP contribution in [0.25, 0.3) is 11.0 Å². The zero-order valence-corrected chi connectivity index (χ0v) is 10.8. The summed E-state index contributed by atoms with van der Waals surface area (Å²) >= 11 is 6.11. The van der Waals surface area contributed by atoms with E-state index in [0.29, 0.717) is 0 Å². The van der Waals surface area contributed by atoms with E-state index in [0.717, 1.165) is 27.4 Å². The summed E-state index contributed by atoms with van der Waals surface area (Å²) < 4.78 is 2.02. The van der Waals surface area contributed by atoms with Gasteiger partial charge in [0.25, 0.3) is 0 Å². The lowest BCUT2D eigenvalue weighted by molar-refractivity contribution is 0.498. The minimum absolute atomic E-state index is 0.452. The van der Waals surface area contributed by atoms with Gasteiger partial charge in [-0.3, -0.25) is 0 Å². The van der Waals surface area contributed by atoms with Crippen LogP contribution in [0.15, 0.2) is 12.1 Å². The lowest BCUT2D eigenvalue weighted by Crippen LogP contribution is -2.32. The molecule has 3 nitrogen and oxygen atoms in total. The van der Waals surface area contributed by atoms with E-state index >= 15 is 0 Å². The average molecular weight is 238 g/mol. The van der Waals surface area contributed by atoms with Crippen LogP contribution in [0.2, 0.25) is 5.02 Å². The van der Waals surface area contributed by atoms with E-state index in [-0.39, 0.29) is 0 Å². The first-order valence-corrected chi connectivity index (χ1v) is 5.61. The molecule has 16 heavy (non-hydrogen) atoms. The summed E-state index contributed by atoms with van der Waals surface area (Å²) in [7, 11) is 1.97. The second kappa shape index (κ2) is 3.47. The highest BCUT2D eigenvalue weighted by molar-refractivity contribution is 6.32. The van der Waals surface area contributed by atoms with Gasteiger partial charge in [0.05, 0.1) is 16.6 Å². The van der Waals surface area contributed by atoms with Crippen LogP contribution in [0.3, 0.4) is 0 Å². The van der Waals surface area contributed by atoms with Crippen LogP contribution < -0.4 is 5.73 Å². The molecule has 4 heteroatoms. The predicted octanol–water partition coefficient (Wildman–Crippen LogP) is 2.73. The van der Waals surface area contributed by atoms with Gasteiger partial charge in [0.15, 0.2) is 0 Å². The first kappa shape index (κ1) is 11.4. The van der Waals surface area contributed by atoms with Gasteiger partial charge in [0.2, 0.25) is 0 Å². The highest BCUT2D eigenvalue weighted by Crippen LogP contribution is 2.28. The van der Waals surface area contributed by atoms with E-state index in [1.54, 1.807) is 0 Å². The predicted molar refractivity (Wildman–Crippen MR) is 67.7 cm³/mol. The van der Waals surface area contributed by atoms with E-state index in [1.165, 1.54) is 0 Å². The van der Waals surface area contributed by atoms with Gasteiger partial charge in [0, 0.05) is 12.1 Å². The van der Waals surface area contributed by atoms with Gasteiger partial charge in [0.1, 0.15) is 5.82 Å². The second-order valence-corrected chi connectivity index (χ2v) is 5.16. The number of rotatable bonds is 1. The monoisotopic (exact) mass is 237 g/mol. The molecule has 0 radical (unpaired) electrons. The standard InChI is InChI=1S/C12H16ClN3/c1-7-8(13)5-6-9-10(7)16(4)11(15-9)12(2,3)14/h5-6H,14H2,1-4H3. The summed E-state index contributed by atoms with van der Waals surface area (Å²) in [4.78, 5) is 4.56. The number of nitrogens with two attached hydrogens (primary N) is 1. The maximum atomic E-state index is 6.11. The average Bonchev–Trinajstić information content (AvgIpc) is 2.50. The summed E-state index contributed by atoms with van der Waals surface area (Å²) in [5, 5.41) is 0.761. The fourth-order valence-electron chi connectivity index (χ4n) is 2.05. The summed E-state index contributed by atoms with van der Waals surface area (Å²) in [5.74, 6) is 0.868. The molecule has 2 aromatic rings. The quantitative estimate of drug-likeness (QED) is 0.829. The molecule has 0 atom stereocenters. The van der Waals surface area contributed by atoms with Crippen molar-refractivity contribution < 1.29 is 0 Å². The molecule has 0 aliphatic carbocycles. The van der Waals surface area contributed by atoms with Crippen LogP contribution in [0.4, 0.5) is 0 Å². The van der Waals surface area contributed by atoms with Crippen molar-refractivity contribution in [2.75, 3.05) is 0 Å². The Hall–Kier alpha value is -1.06. The lowest BCUT2D eigenvalue weighted by atomic mass is 10.1. The maximum Gasteiger partial charge on any atom is 0.129 e. The topological polar surface area (TPSA) is 43.8 Å². The van der Waals surface area contributed by atoms with Crippen molar-refractivity contribution in [3.05, 3.63) is 28.5 Å². The van der Waals surface area contributed by atoms with Crippen molar-refractivity contribution in [1.82, 2.24) is 9.55 Å². The number of hydrogen-bond acceptors (Lipinski definition) is 2. The van der Waals surface area contributed by atoms with Gasteiger partial charge in [-0.25, -0.2) is 4.98 Å². The molecular formula is C12H16ClN3. The fraction of sp³-hybridized carbons (Fsp3) is 0.417. The number of benzene rings is 1. The Balaban J connectivity index is 2.85. The smallest absolute Gasteiger partial charge is 0.129 e. The number of imidazole rings is 1. The number of aryl methyl sites for hydroxylation is 2. The molecule has 0 fully saturated rings. The first-order chi connectivity index (χ1) is 7.32. The second-order valence-electron chi connectivity index (χ2n) is 4.76. The van der Waals surface area contributed by atoms with E-state index in [9.17, 15) is 0 Å². The number of halogens is 1.